The van der Waals surface area contributed by atoms with Gasteiger partial charge in [-0.2, -0.15) is 0 Å². The highest BCUT2D eigenvalue weighted by molar-refractivity contribution is 6.32. The first kappa shape index (κ1) is 15.8. The molecule has 0 aliphatic heterocycles. The van der Waals surface area contributed by atoms with Gasteiger partial charge in [0, 0.05) is 0 Å². The fraction of sp³-hybridized carbons (Fsp3) is 0.278. The van der Waals surface area contributed by atoms with Crippen LogP contribution in [0.25, 0.3) is 0 Å². The Balaban J connectivity index is 1.60. The van der Waals surface area contributed by atoms with Crippen LogP contribution in [-0.4, -0.2) is 12.5 Å². The Morgan fingerprint density at radius 1 is 1.30 bits per heavy atom. The van der Waals surface area contributed by atoms with Crippen molar-refractivity contribution in [2.75, 3.05) is 6.61 Å². The summed E-state index contributed by atoms with van der Waals surface area (Å²) in [5.74, 6) is -0.357. The summed E-state index contributed by atoms with van der Waals surface area (Å²) >= 11 is 5.88. The number of ether oxygens (including phenoxy) is 1. The largest absolute Gasteiger partial charge is 0.482 e. The van der Waals surface area contributed by atoms with Crippen LogP contribution >= 0.6 is 11.6 Å². The minimum absolute atomic E-state index is 0.0136. The van der Waals surface area contributed by atoms with Crippen molar-refractivity contribution in [3.8, 4) is 5.75 Å². The van der Waals surface area contributed by atoms with Gasteiger partial charge in [-0.15, -0.1) is 0 Å². The summed E-state index contributed by atoms with van der Waals surface area (Å²) in [5.41, 5.74) is 2.46. The number of carbonyl (C=O) groups is 1. The van der Waals surface area contributed by atoms with Crippen molar-refractivity contribution >= 4 is 17.5 Å². The number of hydrogen-bond acceptors (Lipinski definition) is 2. The van der Waals surface area contributed by atoms with Gasteiger partial charge in [0.2, 0.25) is 0 Å². The minimum Gasteiger partial charge on any atom is -0.482 e. The molecule has 3 rings (SSSR count). The summed E-state index contributed by atoms with van der Waals surface area (Å²) in [5, 5.41) is 3.15. The number of rotatable bonds is 4. The maximum atomic E-state index is 13.0. The number of halogens is 2. The monoisotopic (exact) mass is 333 g/mol. The summed E-state index contributed by atoms with van der Waals surface area (Å²) in [7, 11) is 0. The molecule has 0 saturated carbocycles. The van der Waals surface area contributed by atoms with E-state index in [1.807, 2.05) is 12.1 Å². The average Bonchev–Trinajstić information content (AvgIpc) is 2.54. The highest BCUT2D eigenvalue weighted by atomic mass is 35.5. The number of carbonyl (C=O) groups excluding carboxylic acids is 1. The van der Waals surface area contributed by atoms with Gasteiger partial charge in [0.15, 0.2) is 6.61 Å². The van der Waals surface area contributed by atoms with E-state index in [4.69, 9.17) is 16.3 Å². The number of hydrogen-bond donors (Lipinski definition) is 1. The van der Waals surface area contributed by atoms with Crippen molar-refractivity contribution in [2.45, 2.75) is 25.3 Å². The predicted molar refractivity (Wildman–Crippen MR) is 87.2 cm³/mol. The number of nitrogens with one attached hydrogen (secondary N) is 1. The van der Waals surface area contributed by atoms with E-state index in [-0.39, 0.29) is 23.6 Å². The lowest BCUT2D eigenvalue weighted by Gasteiger charge is -2.26. The lowest BCUT2D eigenvalue weighted by Crippen LogP contribution is -2.34. The molecule has 1 aliphatic rings. The van der Waals surface area contributed by atoms with Gasteiger partial charge in [-0.25, -0.2) is 4.39 Å². The van der Waals surface area contributed by atoms with Crippen LogP contribution in [0.5, 0.6) is 5.75 Å². The van der Waals surface area contributed by atoms with Crippen LogP contribution in [0.4, 0.5) is 4.39 Å². The Bertz CT molecular complexity index is 720. The van der Waals surface area contributed by atoms with E-state index in [1.54, 1.807) is 0 Å². The molecule has 0 radical (unpaired) electrons. The number of benzene rings is 2. The molecule has 2 aromatic rings. The van der Waals surface area contributed by atoms with E-state index in [9.17, 15) is 9.18 Å². The molecule has 0 fully saturated rings. The first-order chi connectivity index (χ1) is 11.1. The lowest BCUT2D eigenvalue weighted by molar-refractivity contribution is -0.123. The Labute approximate surface area is 139 Å². The number of aryl methyl sites for hydroxylation is 1. The zero-order chi connectivity index (χ0) is 16.2. The molecule has 0 saturated heterocycles. The predicted octanol–water partition coefficient (Wildman–Crippen LogP) is 4.05. The van der Waals surface area contributed by atoms with E-state index < -0.39 is 5.82 Å². The highest BCUT2D eigenvalue weighted by Gasteiger charge is 2.21. The zero-order valence-electron chi connectivity index (χ0n) is 12.5. The van der Waals surface area contributed by atoms with Crippen LogP contribution in [0, 0.1) is 5.82 Å². The van der Waals surface area contributed by atoms with Crippen molar-refractivity contribution in [3.05, 3.63) is 64.4 Å². The third-order valence-electron chi connectivity index (χ3n) is 3.96. The second kappa shape index (κ2) is 7.01. The first-order valence-electron chi connectivity index (χ1n) is 7.58. The SMILES string of the molecule is O=C(COc1ccc(F)cc1Cl)NC1CCCc2ccccc21. The van der Waals surface area contributed by atoms with Gasteiger partial charge >= 0.3 is 0 Å². The van der Waals surface area contributed by atoms with Gasteiger partial charge < -0.3 is 10.1 Å². The van der Waals surface area contributed by atoms with Crippen LogP contribution in [0.1, 0.15) is 30.0 Å². The van der Waals surface area contributed by atoms with Gasteiger partial charge in [-0.3, -0.25) is 4.79 Å². The molecule has 2 aromatic carbocycles. The highest BCUT2D eigenvalue weighted by Crippen LogP contribution is 2.29. The maximum absolute atomic E-state index is 13.0. The molecule has 0 spiro atoms. The maximum Gasteiger partial charge on any atom is 0.258 e. The summed E-state index contributed by atoms with van der Waals surface area (Å²) in [6, 6.07) is 12.0. The van der Waals surface area contributed by atoms with Crippen molar-refractivity contribution in [2.24, 2.45) is 0 Å². The quantitative estimate of drug-likeness (QED) is 0.916. The third kappa shape index (κ3) is 3.82. The van der Waals surface area contributed by atoms with E-state index in [0.29, 0.717) is 5.75 Å². The van der Waals surface area contributed by atoms with Gasteiger partial charge in [0.1, 0.15) is 11.6 Å². The van der Waals surface area contributed by atoms with Crippen molar-refractivity contribution in [1.29, 1.82) is 0 Å². The van der Waals surface area contributed by atoms with E-state index in [1.165, 1.54) is 23.3 Å². The fourth-order valence-corrected chi connectivity index (χ4v) is 3.10. The molecule has 5 heteroatoms. The van der Waals surface area contributed by atoms with Gasteiger partial charge in [-0.1, -0.05) is 35.9 Å². The summed E-state index contributed by atoms with van der Waals surface area (Å²) in [4.78, 5) is 12.1. The Hall–Kier alpha value is -2.07. The molecule has 1 amide bonds. The molecule has 0 bridgehead atoms. The van der Waals surface area contributed by atoms with Gasteiger partial charge in [0.05, 0.1) is 11.1 Å². The van der Waals surface area contributed by atoms with Gasteiger partial charge in [-0.05, 0) is 48.6 Å². The van der Waals surface area contributed by atoms with Gasteiger partial charge in [0.25, 0.3) is 5.91 Å². The van der Waals surface area contributed by atoms with Crippen molar-refractivity contribution in [3.63, 3.8) is 0 Å². The normalized spacial score (nSPS) is 16.5. The van der Waals surface area contributed by atoms with Crippen molar-refractivity contribution < 1.29 is 13.9 Å². The molecule has 120 valence electrons. The molecule has 23 heavy (non-hydrogen) atoms. The van der Waals surface area contributed by atoms with Crippen LogP contribution in [0.2, 0.25) is 5.02 Å². The molecule has 1 aliphatic carbocycles. The second-order valence-corrected chi connectivity index (χ2v) is 5.98. The average molecular weight is 334 g/mol. The summed E-state index contributed by atoms with van der Waals surface area (Å²) in [6.07, 6.45) is 3.01. The topological polar surface area (TPSA) is 38.3 Å². The minimum atomic E-state index is -0.439. The fourth-order valence-electron chi connectivity index (χ4n) is 2.88. The third-order valence-corrected chi connectivity index (χ3v) is 4.25. The molecule has 1 atom stereocenters. The van der Waals surface area contributed by atoms with Crippen LogP contribution in [-0.2, 0) is 11.2 Å². The summed E-state index contributed by atoms with van der Waals surface area (Å²) in [6.45, 7) is -0.149. The van der Waals surface area contributed by atoms with Crippen molar-refractivity contribution in [1.82, 2.24) is 5.32 Å². The van der Waals surface area contributed by atoms with Crippen LogP contribution in [0.3, 0.4) is 0 Å². The van der Waals surface area contributed by atoms with E-state index in [0.717, 1.165) is 25.3 Å². The first-order valence-corrected chi connectivity index (χ1v) is 7.96. The molecule has 0 aromatic heterocycles. The Morgan fingerprint density at radius 2 is 2.13 bits per heavy atom. The van der Waals surface area contributed by atoms with Crippen LogP contribution < -0.4 is 10.1 Å². The lowest BCUT2D eigenvalue weighted by atomic mass is 9.88. The smallest absolute Gasteiger partial charge is 0.258 e. The second-order valence-electron chi connectivity index (χ2n) is 5.57. The Kier molecular flexibility index (Phi) is 4.82. The molecular formula is C18H17ClFNO2. The van der Waals surface area contributed by atoms with Crippen LogP contribution in [0.15, 0.2) is 42.5 Å². The standard InChI is InChI=1S/C18H17ClFNO2/c19-15-10-13(20)8-9-17(15)23-11-18(22)21-16-7-3-5-12-4-1-2-6-14(12)16/h1-2,4,6,8-10,16H,3,5,7,11H2,(H,21,22). The molecule has 1 N–H and O–H groups in total. The summed E-state index contributed by atoms with van der Waals surface area (Å²) < 4.78 is 18.3. The molecule has 0 heterocycles. The molecule has 3 nitrogen and oxygen atoms in total. The molecule has 1 unspecified atom stereocenters. The van der Waals surface area contributed by atoms with E-state index in [2.05, 4.69) is 17.4 Å². The Morgan fingerprint density at radius 3 is 2.96 bits per heavy atom. The number of fused-ring (bicyclic) bond motifs is 1. The number of amides is 1. The van der Waals surface area contributed by atoms with E-state index >= 15 is 0 Å². The molecular weight excluding hydrogens is 317 g/mol. The zero-order valence-corrected chi connectivity index (χ0v) is 13.3.